The minimum absolute atomic E-state index is 0. The van der Waals surface area contributed by atoms with Crippen LogP contribution in [0.1, 0.15) is 25.7 Å². The molecule has 0 rings (SSSR count). The number of unbranched alkanes of at least 4 members (excludes halogenated alkanes) is 1. The molecular formula is C10H16MgO5. The van der Waals surface area contributed by atoms with E-state index in [9.17, 15) is 14.4 Å². The van der Waals surface area contributed by atoms with Gasteiger partial charge in [0.2, 0.25) is 0 Å². The van der Waals surface area contributed by atoms with Crippen molar-refractivity contribution in [1.29, 1.82) is 0 Å². The van der Waals surface area contributed by atoms with Crippen LogP contribution >= 0.6 is 0 Å². The highest BCUT2D eigenvalue weighted by atomic mass is 24.3. The molecule has 0 heterocycles. The third-order valence-corrected chi connectivity index (χ3v) is 1.62. The first-order valence-corrected chi connectivity index (χ1v) is 4.54. The number of ether oxygens (including phenoxy) is 2. The molecule has 6 heteroatoms. The van der Waals surface area contributed by atoms with Crippen molar-refractivity contribution >= 4 is 41.0 Å². The zero-order valence-corrected chi connectivity index (χ0v) is 8.65. The fourth-order valence-electron chi connectivity index (χ4n) is 0.846. The largest absolute Gasteiger partial charge is 0.469 e. The van der Waals surface area contributed by atoms with Crippen LogP contribution in [0.25, 0.3) is 0 Å². The maximum Gasteiger partial charge on any atom is 0.337 e. The molecule has 0 atom stereocenters. The van der Waals surface area contributed by atoms with Crippen molar-refractivity contribution in [3.05, 3.63) is 12.7 Å². The SMILES string of the molecule is C=CC(=O)OC(=O)CCCCC(=O)OC.[MgH2]. The fraction of sp³-hybridized carbons (Fsp3) is 0.500. The van der Waals surface area contributed by atoms with Gasteiger partial charge >= 0.3 is 41.0 Å². The maximum atomic E-state index is 10.9. The van der Waals surface area contributed by atoms with Crippen LogP contribution in [-0.2, 0) is 23.9 Å². The number of esters is 3. The molecule has 0 fully saturated rings. The predicted octanol–water partition coefficient (Wildman–Crippen LogP) is 0.0594. The Hall–Kier alpha value is -0.884. The van der Waals surface area contributed by atoms with E-state index in [4.69, 9.17) is 0 Å². The van der Waals surface area contributed by atoms with Crippen LogP contribution in [0.3, 0.4) is 0 Å². The van der Waals surface area contributed by atoms with Gasteiger partial charge in [0.25, 0.3) is 0 Å². The van der Waals surface area contributed by atoms with Crippen molar-refractivity contribution in [2.75, 3.05) is 7.11 Å². The van der Waals surface area contributed by atoms with E-state index in [0.29, 0.717) is 12.8 Å². The second-order valence-electron chi connectivity index (χ2n) is 2.78. The first kappa shape index (κ1) is 17.5. The van der Waals surface area contributed by atoms with Gasteiger partial charge in [-0.1, -0.05) is 6.58 Å². The van der Waals surface area contributed by atoms with Crippen LogP contribution in [0, 0.1) is 0 Å². The third-order valence-electron chi connectivity index (χ3n) is 1.62. The minimum Gasteiger partial charge on any atom is -0.469 e. The van der Waals surface area contributed by atoms with Gasteiger partial charge in [-0.2, -0.15) is 0 Å². The number of methoxy groups -OCH3 is 1. The lowest BCUT2D eigenvalue weighted by atomic mass is 10.2. The average molecular weight is 241 g/mol. The maximum absolute atomic E-state index is 10.9. The van der Waals surface area contributed by atoms with Gasteiger partial charge in [0.1, 0.15) is 0 Å². The van der Waals surface area contributed by atoms with Gasteiger partial charge in [-0.3, -0.25) is 9.59 Å². The highest BCUT2D eigenvalue weighted by Gasteiger charge is 2.07. The molecule has 0 radical (unpaired) electrons. The Kier molecular flexibility index (Phi) is 11.6. The van der Waals surface area contributed by atoms with E-state index in [1.165, 1.54) is 7.11 Å². The van der Waals surface area contributed by atoms with Gasteiger partial charge in [0, 0.05) is 18.9 Å². The lowest BCUT2D eigenvalue weighted by Crippen LogP contribution is -2.09. The molecule has 0 aromatic heterocycles. The van der Waals surface area contributed by atoms with Crippen LogP contribution in [0.5, 0.6) is 0 Å². The summed E-state index contributed by atoms with van der Waals surface area (Å²) in [5.74, 6) is -1.68. The van der Waals surface area contributed by atoms with Gasteiger partial charge in [-0.25, -0.2) is 4.79 Å². The first-order chi connectivity index (χ1) is 7.10. The van der Waals surface area contributed by atoms with Gasteiger partial charge in [0.15, 0.2) is 0 Å². The van der Waals surface area contributed by atoms with Crippen LogP contribution in [0.2, 0.25) is 0 Å². The van der Waals surface area contributed by atoms with Crippen molar-refractivity contribution in [3.63, 3.8) is 0 Å². The van der Waals surface area contributed by atoms with Crippen LogP contribution < -0.4 is 0 Å². The fourth-order valence-corrected chi connectivity index (χ4v) is 0.846. The van der Waals surface area contributed by atoms with E-state index >= 15 is 0 Å². The van der Waals surface area contributed by atoms with Gasteiger partial charge in [-0.15, -0.1) is 0 Å². The van der Waals surface area contributed by atoms with E-state index in [0.717, 1.165) is 6.08 Å². The molecule has 0 amide bonds. The summed E-state index contributed by atoms with van der Waals surface area (Å²) in [4.78, 5) is 32.2. The molecule has 0 aromatic carbocycles. The zero-order chi connectivity index (χ0) is 11.7. The molecule has 0 N–H and O–H groups in total. The summed E-state index contributed by atoms with van der Waals surface area (Å²) >= 11 is 0. The molecular weight excluding hydrogens is 224 g/mol. The van der Waals surface area contributed by atoms with E-state index < -0.39 is 11.9 Å². The summed E-state index contributed by atoms with van der Waals surface area (Å²) < 4.78 is 8.74. The molecule has 0 aromatic rings. The van der Waals surface area contributed by atoms with Crippen molar-refractivity contribution < 1.29 is 23.9 Å². The summed E-state index contributed by atoms with van der Waals surface area (Å²) in [6.45, 7) is 3.16. The lowest BCUT2D eigenvalue weighted by molar-refractivity contribution is -0.156. The second-order valence-corrected chi connectivity index (χ2v) is 2.78. The van der Waals surface area contributed by atoms with E-state index in [1.54, 1.807) is 0 Å². The minimum atomic E-state index is -0.757. The summed E-state index contributed by atoms with van der Waals surface area (Å²) in [5.41, 5.74) is 0. The number of hydrogen-bond donors (Lipinski definition) is 0. The monoisotopic (exact) mass is 240 g/mol. The summed E-state index contributed by atoms with van der Waals surface area (Å²) in [6, 6.07) is 0. The van der Waals surface area contributed by atoms with E-state index in [-0.39, 0.29) is 41.9 Å². The molecule has 0 aliphatic carbocycles. The summed E-state index contributed by atoms with van der Waals surface area (Å²) in [5, 5.41) is 0. The normalized spacial score (nSPS) is 8.56. The molecule has 5 nitrogen and oxygen atoms in total. The van der Waals surface area contributed by atoms with E-state index in [1.807, 2.05) is 0 Å². The number of carbonyl (C=O) groups is 3. The Morgan fingerprint density at radius 3 is 2.06 bits per heavy atom. The first-order valence-electron chi connectivity index (χ1n) is 4.54. The van der Waals surface area contributed by atoms with E-state index in [2.05, 4.69) is 16.1 Å². The molecule has 0 aliphatic rings. The van der Waals surface area contributed by atoms with Gasteiger partial charge in [0.05, 0.1) is 7.11 Å². The van der Waals surface area contributed by atoms with Crippen molar-refractivity contribution in [3.8, 4) is 0 Å². The predicted molar refractivity (Wildman–Crippen MR) is 60.3 cm³/mol. The Balaban J connectivity index is 0. The quantitative estimate of drug-likeness (QED) is 0.216. The average Bonchev–Trinajstić information content (AvgIpc) is 2.23. The molecule has 0 aliphatic heterocycles. The molecule has 0 saturated heterocycles. The molecule has 0 spiro atoms. The third kappa shape index (κ3) is 9.66. The van der Waals surface area contributed by atoms with Crippen LogP contribution in [0.15, 0.2) is 12.7 Å². The Labute approximate surface area is 110 Å². The smallest absolute Gasteiger partial charge is 0.337 e. The number of rotatable bonds is 6. The molecule has 0 unspecified atom stereocenters. The Morgan fingerprint density at radius 2 is 1.62 bits per heavy atom. The topological polar surface area (TPSA) is 69.7 Å². The molecule has 88 valence electrons. The zero-order valence-electron chi connectivity index (χ0n) is 8.65. The summed E-state index contributed by atoms with van der Waals surface area (Å²) in [7, 11) is 1.30. The highest BCUT2D eigenvalue weighted by Crippen LogP contribution is 2.02. The second kappa shape index (κ2) is 10.6. The van der Waals surface area contributed by atoms with Crippen LogP contribution in [0.4, 0.5) is 0 Å². The van der Waals surface area contributed by atoms with Gasteiger partial charge < -0.3 is 9.47 Å². The molecule has 0 saturated carbocycles. The summed E-state index contributed by atoms with van der Waals surface area (Å²) in [6.07, 6.45) is 2.31. The molecule has 16 heavy (non-hydrogen) atoms. The number of carbonyl (C=O) groups excluding carboxylic acids is 3. The van der Waals surface area contributed by atoms with Crippen molar-refractivity contribution in [1.82, 2.24) is 0 Å². The standard InChI is InChI=1S/C10H14O5.Mg.2H/c1-3-8(11)15-10(13)7-5-4-6-9(12)14-2;;;/h3H,1,4-7H2,2H3;;;. The van der Waals surface area contributed by atoms with Crippen molar-refractivity contribution in [2.45, 2.75) is 25.7 Å². The van der Waals surface area contributed by atoms with Gasteiger partial charge in [-0.05, 0) is 12.8 Å². The Morgan fingerprint density at radius 1 is 1.12 bits per heavy atom. The van der Waals surface area contributed by atoms with Crippen molar-refractivity contribution in [2.24, 2.45) is 0 Å². The highest BCUT2D eigenvalue weighted by molar-refractivity contribution is 5.91. The Bertz CT molecular complexity index is 262. The molecule has 0 bridgehead atoms. The number of hydrogen-bond acceptors (Lipinski definition) is 5. The van der Waals surface area contributed by atoms with Crippen LogP contribution in [-0.4, -0.2) is 48.1 Å². The lowest BCUT2D eigenvalue weighted by Gasteiger charge is -2.00.